The number of hydrogen-bond donors (Lipinski definition) is 0. The first-order chi connectivity index (χ1) is 14.7. The van der Waals surface area contributed by atoms with Crippen LogP contribution in [0.15, 0.2) is 77.6 Å². The number of fused-ring (bicyclic) bond motifs is 3. The van der Waals surface area contributed by atoms with Crippen molar-refractivity contribution in [2.75, 3.05) is 0 Å². The molecule has 0 spiro atoms. The van der Waals surface area contributed by atoms with Crippen molar-refractivity contribution in [3.8, 4) is 0 Å². The van der Waals surface area contributed by atoms with Gasteiger partial charge in [-0.1, -0.05) is 66.2 Å². The standard InChI is InChI=1S/C27H24N2O/c1-19-6-8-20(9-7-19)10-11-21-12-14-22(15-13-21)18-23-16-17-29-25-5-3-2-4-24(25)27(30)28-26(23)29/h2-9,12-15,18H,10-11,16-17H2,1H3/b23-18+. The van der Waals surface area contributed by atoms with Gasteiger partial charge < -0.3 is 4.57 Å². The van der Waals surface area contributed by atoms with Crippen LogP contribution in [0.25, 0.3) is 22.6 Å². The van der Waals surface area contributed by atoms with Crippen molar-refractivity contribution in [1.29, 1.82) is 0 Å². The highest BCUT2D eigenvalue weighted by Crippen LogP contribution is 2.29. The SMILES string of the molecule is Cc1ccc(CCc2ccc(/C=C3\CCn4c3nc(=O)c3ccccc34)cc2)cc1. The fourth-order valence-corrected chi connectivity index (χ4v) is 4.20. The Balaban J connectivity index is 1.36. The molecule has 1 aliphatic rings. The van der Waals surface area contributed by atoms with E-state index >= 15 is 0 Å². The molecule has 148 valence electrons. The van der Waals surface area contributed by atoms with E-state index < -0.39 is 0 Å². The lowest BCUT2D eigenvalue weighted by Crippen LogP contribution is -2.14. The fraction of sp³-hybridized carbons (Fsp3) is 0.185. The predicted octanol–water partition coefficient (Wildman–Crippen LogP) is 5.43. The summed E-state index contributed by atoms with van der Waals surface area (Å²) in [6, 6.07) is 25.2. The van der Waals surface area contributed by atoms with Crippen LogP contribution in [0.2, 0.25) is 0 Å². The van der Waals surface area contributed by atoms with Gasteiger partial charge in [0, 0.05) is 6.54 Å². The summed E-state index contributed by atoms with van der Waals surface area (Å²) in [5, 5.41) is 0.695. The summed E-state index contributed by atoms with van der Waals surface area (Å²) in [5.74, 6) is 0.808. The Labute approximate surface area is 176 Å². The topological polar surface area (TPSA) is 34.9 Å². The van der Waals surface area contributed by atoms with E-state index in [1.54, 1.807) is 0 Å². The van der Waals surface area contributed by atoms with E-state index in [-0.39, 0.29) is 5.56 Å². The molecule has 0 amide bonds. The Morgan fingerprint density at radius 1 is 0.900 bits per heavy atom. The molecule has 4 aromatic rings. The average Bonchev–Trinajstić information content (AvgIpc) is 3.17. The normalized spacial score (nSPS) is 14.4. The Hall–Kier alpha value is -3.46. The van der Waals surface area contributed by atoms with Crippen molar-refractivity contribution < 1.29 is 0 Å². The minimum absolute atomic E-state index is 0.142. The first-order valence-corrected chi connectivity index (χ1v) is 10.5. The van der Waals surface area contributed by atoms with Crippen molar-refractivity contribution in [1.82, 2.24) is 9.55 Å². The maximum absolute atomic E-state index is 12.4. The van der Waals surface area contributed by atoms with Crippen LogP contribution in [0, 0.1) is 6.92 Å². The highest BCUT2D eigenvalue weighted by Gasteiger charge is 2.20. The van der Waals surface area contributed by atoms with Gasteiger partial charge in [-0.05, 0) is 66.7 Å². The van der Waals surface area contributed by atoms with Crippen LogP contribution in [0.1, 0.15) is 34.5 Å². The van der Waals surface area contributed by atoms with Crippen molar-refractivity contribution in [3.63, 3.8) is 0 Å². The zero-order chi connectivity index (χ0) is 20.5. The third kappa shape index (κ3) is 3.59. The molecule has 0 atom stereocenters. The summed E-state index contributed by atoms with van der Waals surface area (Å²) in [5.41, 5.74) is 7.13. The second-order valence-corrected chi connectivity index (χ2v) is 8.06. The predicted molar refractivity (Wildman–Crippen MR) is 124 cm³/mol. The van der Waals surface area contributed by atoms with E-state index in [1.807, 2.05) is 24.3 Å². The largest absolute Gasteiger partial charge is 0.325 e. The van der Waals surface area contributed by atoms with Gasteiger partial charge in [-0.3, -0.25) is 4.79 Å². The molecule has 3 aromatic carbocycles. The second-order valence-electron chi connectivity index (χ2n) is 8.06. The molecular formula is C27H24N2O. The van der Waals surface area contributed by atoms with Gasteiger partial charge in [0.15, 0.2) is 0 Å². The number of para-hydroxylation sites is 1. The number of allylic oxidation sites excluding steroid dienone is 1. The van der Waals surface area contributed by atoms with E-state index in [4.69, 9.17) is 0 Å². The van der Waals surface area contributed by atoms with E-state index in [9.17, 15) is 4.79 Å². The number of aryl methyl sites for hydroxylation is 4. The number of aromatic nitrogens is 2. The van der Waals surface area contributed by atoms with Gasteiger partial charge in [0.25, 0.3) is 5.56 Å². The zero-order valence-electron chi connectivity index (χ0n) is 17.1. The van der Waals surface area contributed by atoms with Gasteiger partial charge in [-0.15, -0.1) is 0 Å². The van der Waals surface area contributed by atoms with E-state index in [2.05, 4.69) is 71.1 Å². The van der Waals surface area contributed by atoms with Crippen molar-refractivity contribution >= 4 is 22.6 Å². The molecule has 0 bridgehead atoms. The monoisotopic (exact) mass is 392 g/mol. The lowest BCUT2D eigenvalue weighted by atomic mass is 10.0. The molecule has 0 N–H and O–H groups in total. The average molecular weight is 393 g/mol. The molecule has 3 nitrogen and oxygen atoms in total. The first-order valence-electron chi connectivity index (χ1n) is 10.5. The lowest BCUT2D eigenvalue weighted by Gasteiger charge is -2.07. The van der Waals surface area contributed by atoms with Crippen LogP contribution < -0.4 is 5.56 Å². The van der Waals surface area contributed by atoms with Gasteiger partial charge in [0.1, 0.15) is 5.82 Å². The van der Waals surface area contributed by atoms with Crippen molar-refractivity contribution in [3.05, 3.63) is 111 Å². The number of hydrogen-bond acceptors (Lipinski definition) is 2. The van der Waals surface area contributed by atoms with Gasteiger partial charge in [0.05, 0.1) is 10.9 Å². The molecule has 0 aliphatic carbocycles. The van der Waals surface area contributed by atoms with Gasteiger partial charge >= 0.3 is 0 Å². The number of benzene rings is 3. The van der Waals surface area contributed by atoms with E-state index in [0.29, 0.717) is 5.39 Å². The summed E-state index contributed by atoms with van der Waals surface area (Å²) in [6.07, 6.45) is 5.15. The maximum atomic E-state index is 12.4. The summed E-state index contributed by atoms with van der Waals surface area (Å²) in [7, 11) is 0. The Morgan fingerprint density at radius 3 is 2.30 bits per heavy atom. The molecule has 2 heterocycles. The van der Waals surface area contributed by atoms with Crippen molar-refractivity contribution in [2.45, 2.75) is 32.7 Å². The second kappa shape index (κ2) is 7.75. The quantitative estimate of drug-likeness (QED) is 0.464. The number of nitrogens with zero attached hydrogens (tertiary/aromatic N) is 2. The highest BCUT2D eigenvalue weighted by molar-refractivity contribution is 5.85. The molecule has 1 aliphatic heterocycles. The van der Waals surface area contributed by atoms with Gasteiger partial charge in [-0.2, -0.15) is 4.98 Å². The molecule has 30 heavy (non-hydrogen) atoms. The molecule has 0 unspecified atom stereocenters. The van der Waals surface area contributed by atoms with Crippen LogP contribution >= 0.6 is 0 Å². The Morgan fingerprint density at radius 2 is 1.57 bits per heavy atom. The third-order valence-corrected chi connectivity index (χ3v) is 5.92. The molecule has 0 saturated carbocycles. The summed E-state index contributed by atoms with van der Waals surface area (Å²) < 4.78 is 2.17. The van der Waals surface area contributed by atoms with Crippen LogP contribution in [0.4, 0.5) is 0 Å². The van der Waals surface area contributed by atoms with Crippen LogP contribution in [0.5, 0.6) is 0 Å². The third-order valence-electron chi connectivity index (χ3n) is 5.92. The summed E-state index contributed by atoms with van der Waals surface area (Å²) >= 11 is 0. The molecule has 0 saturated heterocycles. The Kier molecular flexibility index (Phi) is 4.80. The first kappa shape index (κ1) is 18.6. The Bertz CT molecular complexity index is 1300. The van der Waals surface area contributed by atoms with E-state index in [1.165, 1.54) is 16.7 Å². The van der Waals surface area contributed by atoms with Crippen LogP contribution in [0.3, 0.4) is 0 Å². The minimum atomic E-state index is -0.142. The molecule has 0 radical (unpaired) electrons. The summed E-state index contributed by atoms with van der Waals surface area (Å²) in [4.78, 5) is 16.8. The fourth-order valence-electron chi connectivity index (χ4n) is 4.20. The zero-order valence-corrected chi connectivity index (χ0v) is 17.1. The number of rotatable bonds is 4. The van der Waals surface area contributed by atoms with Crippen LogP contribution in [-0.4, -0.2) is 9.55 Å². The van der Waals surface area contributed by atoms with E-state index in [0.717, 1.165) is 48.3 Å². The summed E-state index contributed by atoms with van der Waals surface area (Å²) in [6.45, 7) is 2.98. The minimum Gasteiger partial charge on any atom is -0.325 e. The van der Waals surface area contributed by atoms with Gasteiger partial charge in [-0.25, -0.2) is 0 Å². The highest BCUT2D eigenvalue weighted by atomic mass is 16.1. The molecule has 3 heteroatoms. The van der Waals surface area contributed by atoms with Gasteiger partial charge in [0.2, 0.25) is 0 Å². The molecular weight excluding hydrogens is 368 g/mol. The van der Waals surface area contributed by atoms with Crippen molar-refractivity contribution in [2.24, 2.45) is 0 Å². The smallest absolute Gasteiger partial charge is 0.281 e. The van der Waals surface area contributed by atoms with Crippen LogP contribution in [-0.2, 0) is 19.4 Å². The maximum Gasteiger partial charge on any atom is 0.281 e. The molecule has 1 aromatic heterocycles. The lowest BCUT2D eigenvalue weighted by molar-refractivity contribution is 0.772. The molecule has 5 rings (SSSR count). The molecule has 0 fully saturated rings.